The van der Waals surface area contributed by atoms with Crippen LogP contribution in [-0.4, -0.2) is 30.2 Å². The molecule has 0 spiro atoms. The molecule has 0 aliphatic carbocycles. The number of alkyl halides is 3. The van der Waals surface area contributed by atoms with Gasteiger partial charge in [-0.05, 0) is 47.0 Å². The number of likely N-dealkylation sites (tertiary alicyclic amines) is 1. The molecule has 1 aliphatic rings. The Kier molecular flexibility index (Phi) is 4.75. The maximum atomic E-state index is 13.3. The van der Waals surface area contributed by atoms with Crippen LogP contribution in [0.15, 0.2) is 22.7 Å². The molecular formula is C13H13BrF4N2O. The summed E-state index contributed by atoms with van der Waals surface area (Å²) in [4.78, 5) is 13.2. The van der Waals surface area contributed by atoms with Crippen molar-refractivity contribution in [2.75, 3.05) is 18.4 Å². The van der Waals surface area contributed by atoms with Crippen LogP contribution in [0.3, 0.4) is 0 Å². The molecule has 0 aromatic heterocycles. The number of hydrogen-bond donors (Lipinski definition) is 1. The summed E-state index contributed by atoms with van der Waals surface area (Å²) in [5, 5.41) is 2.48. The maximum absolute atomic E-state index is 13.3. The molecule has 1 aliphatic heterocycles. The second kappa shape index (κ2) is 6.21. The molecule has 1 heterocycles. The first-order valence-electron chi connectivity index (χ1n) is 6.35. The SMILES string of the molecule is O=C(Nc1ccc(Br)c(F)c1)N1CCC(C(F)(F)F)CC1. The number of piperidine rings is 1. The molecule has 0 radical (unpaired) electrons. The Balaban J connectivity index is 1.92. The summed E-state index contributed by atoms with van der Waals surface area (Å²) in [6.07, 6.45) is -4.42. The summed E-state index contributed by atoms with van der Waals surface area (Å²) in [5.74, 6) is -1.88. The molecule has 1 saturated heterocycles. The number of halogens is 5. The fraction of sp³-hybridized carbons (Fsp3) is 0.462. The van der Waals surface area contributed by atoms with E-state index >= 15 is 0 Å². The van der Waals surface area contributed by atoms with Gasteiger partial charge in [0.2, 0.25) is 0 Å². The average Bonchev–Trinajstić information content (AvgIpc) is 2.42. The minimum atomic E-state index is -4.21. The Morgan fingerprint density at radius 2 is 1.90 bits per heavy atom. The van der Waals surface area contributed by atoms with Gasteiger partial charge < -0.3 is 10.2 Å². The highest BCUT2D eigenvalue weighted by Crippen LogP contribution is 2.34. The zero-order valence-electron chi connectivity index (χ0n) is 10.9. The largest absolute Gasteiger partial charge is 0.391 e. The molecule has 1 aromatic rings. The predicted octanol–water partition coefficient (Wildman–Crippen LogP) is 4.39. The summed E-state index contributed by atoms with van der Waals surface area (Å²) in [6, 6.07) is 3.58. The Hall–Kier alpha value is -1.31. The Bertz CT molecular complexity index is 527. The summed E-state index contributed by atoms with van der Waals surface area (Å²) >= 11 is 2.99. The Morgan fingerprint density at radius 3 is 2.43 bits per heavy atom. The van der Waals surface area contributed by atoms with E-state index in [1.54, 1.807) is 0 Å². The molecule has 1 aromatic carbocycles. The van der Waals surface area contributed by atoms with Crippen molar-refractivity contribution in [3.63, 3.8) is 0 Å². The highest BCUT2D eigenvalue weighted by molar-refractivity contribution is 9.10. The van der Waals surface area contributed by atoms with E-state index in [2.05, 4.69) is 21.2 Å². The van der Waals surface area contributed by atoms with E-state index in [0.717, 1.165) is 6.07 Å². The van der Waals surface area contributed by atoms with Gasteiger partial charge in [0.1, 0.15) is 5.82 Å². The van der Waals surface area contributed by atoms with Gasteiger partial charge in [0.25, 0.3) is 0 Å². The minimum Gasteiger partial charge on any atom is -0.325 e. The smallest absolute Gasteiger partial charge is 0.325 e. The second-order valence-electron chi connectivity index (χ2n) is 4.86. The van der Waals surface area contributed by atoms with Crippen LogP contribution in [0.25, 0.3) is 0 Å². The van der Waals surface area contributed by atoms with Crippen LogP contribution in [0, 0.1) is 11.7 Å². The van der Waals surface area contributed by atoms with E-state index in [1.165, 1.54) is 17.0 Å². The number of urea groups is 1. The molecular weight excluding hydrogens is 356 g/mol. The average molecular weight is 369 g/mol. The van der Waals surface area contributed by atoms with Crippen molar-refractivity contribution in [3.05, 3.63) is 28.5 Å². The second-order valence-corrected chi connectivity index (χ2v) is 5.72. The molecule has 2 amide bonds. The fourth-order valence-corrected chi connectivity index (χ4v) is 2.43. The van der Waals surface area contributed by atoms with Gasteiger partial charge in [0.05, 0.1) is 10.4 Å². The topological polar surface area (TPSA) is 32.3 Å². The Labute approximate surface area is 127 Å². The third-order valence-corrected chi connectivity index (χ3v) is 4.06. The third kappa shape index (κ3) is 4.09. The van der Waals surface area contributed by atoms with Crippen molar-refractivity contribution in [2.45, 2.75) is 19.0 Å². The van der Waals surface area contributed by atoms with Gasteiger partial charge in [-0.3, -0.25) is 0 Å². The highest BCUT2D eigenvalue weighted by Gasteiger charge is 2.41. The molecule has 0 bridgehead atoms. The van der Waals surface area contributed by atoms with E-state index in [-0.39, 0.29) is 36.1 Å². The van der Waals surface area contributed by atoms with Crippen LogP contribution in [0.5, 0.6) is 0 Å². The summed E-state index contributed by atoms with van der Waals surface area (Å²) < 4.78 is 51.2. The van der Waals surface area contributed by atoms with Gasteiger partial charge in [-0.15, -0.1) is 0 Å². The van der Waals surface area contributed by atoms with Crippen LogP contribution in [0.2, 0.25) is 0 Å². The molecule has 1 N–H and O–H groups in total. The van der Waals surface area contributed by atoms with Crippen molar-refractivity contribution in [1.82, 2.24) is 4.90 Å². The van der Waals surface area contributed by atoms with Gasteiger partial charge >= 0.3 is 12.2 Å². The first-order chi connectivity index (χ1) is 9.77. The van der Waals surface area contributed by atoms with E-state index in [1.807, 2.05) is 0 Å². The van der Waals surface area contributed by atoms with Crippen molar-refractivity contribution in [2.24, 2.45) is 5.92 Å². The van der Waals surface area contributed by atoms with Gasteiger partial charge in [-0.2, -0.15) is 13.2 Å². The lowest BCUT2D eigenvalue weighted by atomic mass is 9.96. The quantitative estimate of drug-likeness (QED) is 0.732. The predicted molar refractivity (Wildman–Crippen MR) is 73.5 cm³/mol. The van der Waals surface area contributed by atoms with E-state index in [4.69, 9.17) is 0 Å². The zero-order valence-corrected chi connectivity index (χ0v) is 12.5. The van der Waals surface area contributed by atoms with Gasteiger partial charge in [0, 0.05) is 18.8 Å². The summed E-state index contributed by atoms with van der Waals surface area (Å²) in [7, 11) is 0. The number of carbonyl (C=O) groups excluding carboxylic acids is 1. The standard InChI is InChI=1S/C13H13BrF4N2O/c14-10-2-1-9(7-11(10)15)19-12(21)20-5-3-8(4-6-20)13(16,17)18/h1-2,7-8H,3-6H2,(H,19,21). The molecule has 3 nitrogen and oxygen atoms in total. The van der Waals surface area contributed by atoms with Gasteiger partial charge in [0.15, 0.2) is 0 Å². The first kappa shape index (κ1) is 16.1. The summed E-state index contributed by atoms with van der Waals surface area (Å²) in [6.45, 7) is 0.0735. The Morgan fingerprint density at radius 1 is 1.29 bits per heavy atom. The van der Waals surface area contributed by atoms with Crippen LogP contribution >= 0.6 is 15.9 Å². The van der Waals surface area contributed by atoms with Gasteiger partial charge in [-0.1, -0.05) is 0 Å². The van der Waals surface area contributed by atoms with E-state index in [9.17, 15) is 22.4 Å². The number of amides is 2. The van der Waals surface area contributed by atoms with E-state index in [0.29, 0.717) is 0 Å². The molecule has 8 heteroatoms. The highest BCUT2D eigenvalue weighted by atomic mass is 79.9. The van der Waals surface area contributed by atoms with Crippen molar-refractivity contribution < 1.29 is 22.4 Å². The molecule has 0 unspecified atom stereocenters. The van der Waals surface area contributed by atoms with Crippen molar-refractivity contribution >= 4 is 27.6 Å². The molecule has 21 heavy (non-hydrogen) atoms. The third-order valence-electron chi connectivity index (χ3n) is 3.42. The normalized spacial score (nSPS) is 16.9. The van der Waals surface area contributed by atoms with Crippen LogP contribution < -0.4 is 5.32 Å². The van der Waals surface area contributed by atoms with Crippen LogP contribution in [0.4, 0.5) is 28.0 Å². The zero-order chi connectivity index (χ0) is 15.6. The summed E-state index contributed by atoms with van der Waals surface area (Å²) in [5.41, 5.74) is 0.263. The molecule has 0 atom stereocenters. The van der Waals surface area contributed by atoms with E-state index < -0.39 is 23.9 Å². The van der Waals surface area contributed by atoms with Crippen molar-refractivity contribution in [1.29, 1.82) is 0 Å². The maximum Gasteiger partial charge on any atom is 0.391 e. The van der Waals surface area contributed by atoms with Crippen LogP contribution in [-0.2, 0) is 0 Å². The minimum absolute atomic E-state index is 0.0367. The van der Waals surface area contributed by atoms with Gasteiger partial charge in [-0.25, -0.2) is 9.18 Å². The number of anilines is 1. The van der Waals surface area contributed by atoms with Crippen LogP contribution in [0.1, 0.15) is 12.8 Å². The molecule has 0 saturated carbocycles. The fourth-order valence-electron chi connectivity index (χ4n) is 2.19. The number of nitrogens with zero attached hydrogens (tertiary/aromatic N) is 1. The number of carbonyl (C=O) groups is 1. The first-order valence-corrected chi connectivity index (χ1v) is 7.14. The lowest BCUT2D eigenvalue weighted by molar-refractivity contribution is -0.183. The number of rotatable bonds is 1. The number of hydrogen-bond acceptors (Lipinski definition) is 1. The number of nitrogens with one attached hydrogen (secondary N) is 1. The molecule has 116 valence electrons. The lowest BCUT2D eigenvalue weighted by Crippen LogP contribution is -2.43. The monoisotopic (exact) mass is 368 g/mol. The molecule has 1 fully saturated rings. The number of benzene rings is 1. The molecule has 2 rings (SSSR count). The lowest BCUT2D eigenvalue weighted by Gasteiger charge is -2.32. The van der Waals surface area contributed by atoms with Crippen molar-refractivity contribution in [3.8, 4) is 0 Å².